The van der Waals surface area contributed by atoms with Gasteiger partial charge in [0, 0.05) is 71.8 Å². The third kappa shape index (κ3) is 27.6. The number of hydrogen-bond acceptors (Lipinski definition) is 20. The molecular weight excluding hydrogens is 1950 g/mol. The van der Waals surface area contributed by atoms with Gasteiger partial charge in [-0.1, -0.05) is 194 Å². The largest absolute Gasteiger partial charge is 0.455 e. The van der Waals surface area contributed by atoms with Crippen LogP contribution in [0.3, 0.4) is 0 Å². The van der Waals surface area contributed by atoms with E-state index in [-0.39, 0.29) is 60.6 Å². The van der Waals surface area contributed by atoms with Crippen LogP contribution < -0.4 is 83.7 Å². The Labute approximate surface area is 847 Å². The van der Waals surface area contributed by atoms with E-state index in [4.69, 9.17) is 95.7 Å². The van der Waals surface area contributed by atoms with Gasteiger partial charge in [-0.25, -0.2) is 54.2 Å². The average molecular weight is 2050 g/mol. The first-order valence-corrected chi connectivity index (χ1v) is 50.6. The third-order valence-corrected chi connectivity index (χ3v) is 26.5. The quantitative estimate of drug-likeness (QED) is 0.0160. The molecule has 146 heavy (non-hydrogen) atoms. The molecule has 37 heteroatoms. The SMILES string of the molecule is Cc1cc(NC(=O)c2ccc(-c3ccccc3S(N)(=O)=O)cc2)c(Oc2cccc(C(=N)N)c2)cc1C.Cc1cc(Oc2cccc(C(=N)N)c2)c(NC(=O)c2ccc(-c3ccccc3S(N)(=O)=O)cc2)cc1Cl.Cc1ccc(NC(=O)c2ccc(-c3ccccc3S(N)(=O)=O)cc2)c(Oc2cccc(C(=N)N)c2)c1.Cc1ccc(Oc2cccc(C(=N)N)c2)c(NC(=O)c2ccc(-c3ccccc3S(N)(=O)=O)cc2)c1. The predicted octanol–water partition coefficient (Wildman–Crippen LogP) is 19.5. The molecule has 0 atom stereocenters. The minimum Gasteiger partial charge on any atom is -0.455 e. The first-order valence-electron chi connectivity index (χ1n) is 44.1. The van der Waals surface area contributed by atoms with Gasteiger partial charge in [0.25, 0.3) is 23.6 Å². The molecule has 32 nitrogen and oxygen atoms in total. The molecular formula is C109H97ClN16O16S4. The number of aryl methyl sites for hydroxylation is 5. The number of nitrogens with two attached hydrogens (primary N) is 8. The number of sulfonamides is 4. The van der Waals surface area contributed by atoms with Crippen LogP contribution in [0.25, 0.3) is 44.5 Å². The second-order valence-electron chi connectivity index (χ2n) is 33.0. The van der Waals surface area contributed by atoms with Gasteiger partial charge in [0.2, 0.25) is 40.1 Å². The van der Waals surface area contributed by atoms with Crippen molar-refractivity contribution in [2.75, 3.05) is 21.3 Å². The minimum absolute atomic E-state index is 0.00266. The maximum atomic E-state index is 13.1. The lowest BCUT2D eigenvalue weighted by Crippen LogP contribution is -2.14. The van der Waals surface area contributed by atoms with Gasteiger partial charge in [0.1, 0.15) is 46.3 Å². The first kappa shape index (κ1) is 106. The number of amidine groups is 4. The van der Waals surface area contributed by atoms with Crippen LogP contribution in [0, 0.1) is 56.3 Å². The van der Waals surface area contributed by atoms with E-state index in [1.165, 1.54) is 24.3 Å². The smallest absolute Gasteiger partial charge is 0.255 e. The van der Waals surface area contributed by atoms with Crippen molar-refractivity contribution in [3.8, 4) is 90.5 Å². The summed E-state index contributed by atoms with van der Waals surface area (Å²) < 4.78 is 120. The topological polar surface area (TPSA) is 593 Å². The zero-order chi connectivity index (χ0) is 105. The highest BCUT2D eigenvalue weighted by molar-refractivity contribution is 7.90. The van der Waals surface area contributed by atoms with Crippen molar-refractivity contribution in [3.63, 3.8) is 0 Å². The van der Waals surface area contributed by atoms with Crippen LogP contribution in [0.2, 0.25) is 5.02 Å². The standard InChI is InChI=1S/C28H26N4O4S.C27H23ClN4O4S.2C27H24N4O4S/c1-17-14-24(25(15-18(17)2)36-22-7-5-6-21(16-22)27(29)30)32-28(33)20-12-10-19(11-13-20)23-8-3-4-9-26(23)37(31,34)35;1-16-13-24(36-20-6-4-5-19(14-20)26(29)30)23(15-22(16)28)32-27(33)18-11-9-17(10-12-18)21-7-2-3-8-25(21)37(31,34)35;1-17-9-14-24(35-21-6-4-5-20(16-21)26(28)29)23(15-17)31-27(32)19-12-10-18(11-13-19)22-7-2-3-8-25(22)36(30,33)34;1-17-9-14-23(24(15-17)35-21-6-4-5-20(16-21)26(28)29)31-27(32)19-12-10-18(11-13-19)22-7-2-3-8-25(22)36(30,33)34/h3-16H,1-2H3,(H3,29,30)(H,32,33)(H2,31,34,35);2-15H,1H3,(H3,29,30)(H,32,33)(H2,31,34,35);2*2-16H,1H3,(H3,28,29)(H,31,32)(H2,30,33,34). The number of carbonyl (C=O) groups excluding carboxylic acids is 4. The molecule has 4 amide bonds. The first-order chi connectivity index (χ1) is 69.3. The molecule has 0 aliphatic carbocycles. The molecule has 0 aromatic heterocycles. The number of halogens is 1. The third-order valence-electron chi connectivity index (χ3n) is 22.2. The molecule has 740 valence electrons. The van der Waals surface area contributed by atoms with Gasteiger partial charge in [-0.15, -0.1) is 0 Å². The molecule has 0 aliphatic rings. The molecule has 24 N–H and O–H groups in total. The lowest BCUT2D eigenvalue weighted by molar-refractivity contribution is 0.101. The van der Waals surface area contributed by atoms with Crippen LogP contribution in [0.4, 0.5) is 22.7 Å². The fraction of sp³-hybridized carbons (Fsp3) is 0.0459. The van der Waals surface area contributed by atoms with Crippen LogP contribution >= 0.6 is 11.6 Å². The Balaban J connectivity index is 0.000000163. The van der Waals surface area contributed by atoms with E-state index >= 15 is 0 Å². The Morgan fingerprint density at radius 1 is 0.247 bits per heavy atom. The van der Waals surface area contributed by atoms with Crippen molar-refractivity contribution >= 4 is 121 Å². The number of anilines is 4. The van der Waals surface area contributed by atoms with E-state index in [0.717, 1.165) is 27.8 Å². The highest BCUT2D eigenvalue weighted by Gasteiger charge is 2.25. The summed E-state index contributed by atoms with van der Waals surface area (Å²) in [6, 6.07) is 96.7. The number of primary sulfonamides is 4. The highest BCUT2D eigenvalue weighted by Crippen LogP contribution is 2.41. The van der Waals surface area contributed by atoms with Crippen LogP contribution in [0.1, 0.15) is 91.5 Å². The maximum absolute atomic E-state index is 13.1. The molecule has 0 unspecified atom stereocenters. The van der Waals surface area contributed by atoms with Gasteiger partial charge in [-0.05, 0) is 255 Å². The summed E-state index contributed by atoms with van der Waals surface area (Å²) in [7, 11) is -15.6. The zero-order valence-electron chi connectivity index (χ0n) is 78.6. The van der Waals surface area contributed by atoms with Crippen molar-refractivity contribution in [1.29, 1.82) is 21.6 Å². The second kappa shape index (κ2) is 46.0. The van der Waals surface area contributed by atoms with Crippen molar-refractivity contribution in [1.82, 2.24) is 0 Å². The van der Waals surface area contributed by atoms with E-state index in [1.807, 2.05) is 58.9 Å². The fourth-order valence-corrected chi connectivity index (χ4v) is 17.9. The van der Waals surface area contributed by atoms with Gasteiger partial charge in [-0.2, -0.15) is 0 Å². The summed E-state index contributed by atoms with van der Waals surface area (Å²) in [5, 5.41) is 63.8. The predicted molar refractivity (Wildman–Crippen MR) is 569 cm³/mol. The summed E-state index contributed by atoms with van der Waals surface area (Å²) in [4.78, 5) is 52.2. The molecule has 16 aromatic carbocycles. The maximum Gasteiger partial charge on any atom is 0.255 e. The number of rotatable bonds is 28. The van der Waals surface area contributed by atoms with Crippen LogP contribution in [-0.2, 0) is 40.1 Å². The molecule has 0 saturated carbocycles. The highest BCUT2D eigenvalue weighted by atomic mass is 35.5. The van der Waals surface area contributed by atoms with E-state index in [0.29, 0.717) is 163 Å². The van der Waals surface area contributed by atoms with Crippen molar-refractivity contribution < 1.29 is 71.8 Å². The van der Waals surface area contributed by atoms with E-state index < -0.39 is 46.0 Å². The molecule has 0 bridgehead atoms. The molecule has 0 spiro atoms. The molecule has 16 rings (SSSR count). The number of hydrogen-bond donors (Lipinski definition) is 16. The lowest BCUT2D eigenvalue weighted by Gasteiger charge is -2.16. The number of amides is 4. The van der Waals surface area contributed by atoms with Gasteiger partial charge in [-0.3, -0.25) is 40.8 Å². The number of carbonyl (C=O) groups is 4. The number of ether oxygens (including phenoxy) is 4. The normalized spacial score (nSPS) is 11.1. The van der Waals surface area contributed by atoms with Gasteiger partial charge < -0.3 is 63.1 Å². The molecule has 0 heterocycles. The van der Waals surface area contributed by atoms with Crippen LogP contribution in [0.15, 0.2) is 371 Å². The van der Waals surface area contributed by atoms with E-state index in [2.05, 4.69) is 21.3 Å². The van der Waals surface area contributed by atoms with Crippen molar-refractivity contribution in [2.24, 2.45) is 43.5 Å². The molecule has 16 aromatic rings. The Hall–Kier alpha value is -17.6. The Morgan fingerprint density at radius 2 is 0.493 bits per heavy atom. The zero-order valence-corrected chi connectivity index (χ0v) is 82.7. The fourth-order valence-electron chi connectivity index (χ4n) is 14.7. The number of nitrogen functional groups attached to an aromatic ring is 4. The molecule has 0 saturated heterocycles. The van der Waals surface area contributed by atoms with Gasteiger partial charge in [0.05, 0.1) is 42.3 Å². The van der Waals surface area contributed by atoms with Crippen LogP contribution in [-0.4, -0.2) is 80.6 Å². The van der Waals surface area contributed by atoms with E-state index in [9.17, 15) is 52.8 Å². The summed E-state index contributed by atoms with van der Waals surface area (Å²) in [6.07, 6.45) is 0. The molecule has 0 fully saturated rings. The Morgan fingerprint density at radius 3 is 0.795 bits per heavy atom. The van der Waals surface area contributed by atoms with Crippen LogP contribution in [0.5, 0.6) is 46.0 Å². The monoisotopic (exact) mass is 2050 g/mol. The summed E-state index contributed by atoms with van der Waals surface area (Å²) in [6.45, 7) is 9.49. The van der Waals surface area contributed by atoms with Gasteiger partial charge in [0.15, 0.2) is 23.0 Å². The van der Waals surface area contributed by atoms with Crippen molar-refractivity contribution in [3.05, 3.63) is 429 Å². The Kier molecular flexibility index (Phi) is 33.3. The van der Waals surface area contributed by atoms with E-state index in [1.54, 1.807) is 303 Å². The average Bonchev–Trinajstić information content (AvgIpc) is 0.789. The lowest BCUT2D eigenvalue weighted by atomic mass is 10.0. The minimum atomic E-state index is -3.92. The second-order valence-corrected chi connectivity index (χ2v) is 39.5. The summed E-state index contributed by atoms with van der Waals surface area (Å²) in [5.41, 5.74) is 36.3. The Bertz CT molecular complexity index is 8050. The summed E-state index contributed by atoms with van der Waals surface area (Å²) in [5.74, 6) is 1.67. The van der Waals surface area contributed by atoms with Gasteiger partial charge >= 0.3 is 0 Å². The summed E-state index contributed by atoms with van der Waals surface area (Å²) >= 11 is 6.31. The van der Waals surface area contributed by atoms with Crippen molar-refractivity contribution in [2.45, 2.75) is 54.2 Å². The molecule has 0 aliphatic heterocycles. The number of nitrogens with one attached hydrogen (secondary N) is 8. The molecule has 0 radical (unpaired) electrons. The number of benzene rings is 16.